The zero-order valence-electron chi connectivity index (χ0n) is 14.9. The van der Waals surface area contributed by atoms with Crippen LogP contribution in [0.15, 0.2) is 54.9 Å². The number of hydrogen-bond acceptors (Lipinski definition) is 4. The summed E-state index contributed by atoms with van der Waals surface area (Å²) in [4.78, 5) is 11.0. The van der Waals surface area contributed by atoms with Gasteiger partial charge in [0.25, 0.3) is 0 Å². The highest BCUT2D eigenvalue weighted by Gasteiger charge is 2.30. The van der Waals surface area contributed by atoms with Crippen LogP contribution in [-0.2, 0) is 0 Å². The highest BCUT2D eigenvalue weighted by Crippen LogP contribution is 2.46. The van der Waals surface area contributed by atoms with Gasteiger partial charge in [-0.15, -0.1) is 0 Å². The molecule has 5 heteroatoms. The molecule has 0 radical (unpaired) electrons. The van der Waals surface area contributed by atoms with Crippen LogP contribution in [0.3, 0.4) is 0 Å². The molecule has 1 aromatic heterocycles. The molecule has 2 aromatic carbocycles. The van der Waals surface area contributed by atoms with E-state index in [0.29, 0.717) is 5.15 Å². The molecule has 0 saturated carbocycles. The fourth-order valence-corrected chi connectivity index (χ4v) is 3.93. The van der Waals surface area contributed by atoms with Crippen LogP contribution in [-0.4, -0.2) is 23.1 Å². The molecule has 1 atom stereocenters. The fourth-order valence-electron chi connectivity index (χ4n) is 3.69. The van der Waals surface area contributed by atoms with Crippen LogP contribution in [0.25, 0.3) is 0 Å². The second-order valence-corrected chi connectivity index (χ2v) is 6.69. The zero-order valence-corrected chi connectivity index (χ0v) is 15.7. The van der Waals surface area contributed by atoms with E-state index in [9.17, 15) is 0 Å². The molecule has 1 aliphatic heterocycles. The molecule has 1 N–H and O–H groups in total. The number of anilines is 3. The molecule has 2 heterocycles. The van der Waals surface area contributed by atoms with Crippen molar-refractivity contribution in [2.45, 2.75) is 19.8 Å². The second-order valence-electron chi connectivity index (χ2n) is 6.34. The third-order valence-corrected chi connectivity index (χ3v) is 5.31. The van der Waals surface area contributed by atoms with E-state index in [-0.39, 0.29) is 5.92 Å². The molecule has 1 aliphatic rings. The van der Waals surface area contributed by atoms with Gasteiger partial charge in [0, 0.05) is 35.9 Å². The van der Waals surface area contributed by atoms with Crippen LogP contribution in [0, 0.1) is 0 Å². The Balaban J connectivity index is 1.84. The van der Waals surface area contributed by atoms with Crippen LogP contribution in [0.1, 0.15) is 36.5 Å². The van der Waals surface area contributed by atoms with Gasteiger partial charge in [-0.05, 0) is 43.2 Å². The Kier molecular flexibility index (Phi) is 4.51. The standard InChI is InChI=1S/C21H21ClN4/c1-3-26(4-2)15-11-9-14(10-12-15)18-16-7-5-6-8-17(16)25-21-19(18)20(22)23-13-24-21/h5-13,18H,3-4H2,1-2H3,(H,23,24,25). The maximum atomic E-state index is 6.48. The summed E-state index contributed by atoms with van der Waals surface area (Å²) < 4.78 is 0. The van der Waals surface area contributed by atoms with E-state index in [1.807, 2.05) is 6.07 Å². The lowest BCUT2D eigenvalue weighted by Crippen LogP contribution is -2.22. The highest BCUT2D eigenvalue weighted by atomic mass is 35.5. The van der Waals surface area contributed by atoms with Gasteiger partial charge in [0.05, 0.1) is 0 Å². The lowest BCUT2D eigenvalue weighted by Gasteiger charge is -2.29. The molecule has 4 nitrogen and oxygen atoms in total. The largest absolute Gasteiger partial charge is 0.372 e. The Morgan fingerprint density at radius 2 is 1.73 bits per heavy atom. The number of para-hydroxylation sites is 1. The van der Waals surface area contributed by atoms with Crippen molar-refractivity contribution in [3.05, 3.63) is 76.7 Å². The number of rotatable bonds is 4. The van der Waals surface area contributed by atoms with Crippen molar-refractivity contribution in [2.24, 2.45) is 0 Å². The van der Waals surface area contributed by atoms with Gasteiger partial charge in [-0.1, -0.05) is 41.9 Å². The number of benzene rings is 2. The van der Waals surface area contributed by atoms with Gasteiger partial charge in [0.15, 0.2) is 0 Å². The summed E-state index contributed by atoms with van der Waals surface area (Å²) in [7, 11) is 0. The summed E-state index contributed by atoms with van der Waals surface area (Å²) in [5, 5.41) is 3.88. The Labute approximate surface area is 158 Å². The van der Waals surface area contributed by atoms with Crippen molar-refractivity contribution < 1.29 is 0 Å². The molecule has 0 spiro atoms. The van der Waals surface area contributed by atoms with Gasteiger partial charge in [0.1, 0.15) is 17.3 Å². The third kappa shape index (κ3) is 2.80. The lowest BCUT2D eigenvalue weighted by molar-refractivity contribution is 0.863. The summed E-state index contributed by atoms with van der Waals surface area (Å²) in [6, 6.07) is 17.0. The number of nitrogens with zero attached hydrogens (tertiary/aromatic N) is 3. The summed E-state index contributed by atoms with van der Waals surface area (Å²) in [5.74, 6) is 0.795. The van der Waals surface area contributed by atoms with E-state index in [2.05, 4.69) is 76.5 Å². The molecule has 1 unspecified atom stereocenters. The first-order valence-electron chi connectivity index (χ1n) is 8.94. The number of hydrogen-bond donors (Lipinski definition) is 1. The Morgan fingerprint density at radius 1 is 1.00 bits per heavy atom. The Morgan fingerprint density at radius 3 is 2.46 bits per heavy atom. The molecular weight excluding hydrogens is 344 g/mol. The molecular formula is C21H21ClN4. The molecule has 3 aromatic rings. The number of fused-ring (bicyclic) bond motifs is 2. The van der Waals surface area contributed by atoms with Gasteiger partial charge in [-0.25, -0.2) is 9.97 Å². The second kappa shape index (κ2) is 6.96. The van der Waals surface area contributed by atoms with Gasteiger partial charge in [0.2, 0.25) is 0 Å². The molecule has 0 aliphatic carbocycles. The molecule has 4 rings (SSSR count). The first-order valence-corrected chi connectivity index (χ1v) is 9.32. The van der Waals surface area contributed by atoms with Crippen molar-refractivity contribution >= 4 is 28.8 Å². The fraction of sp³-hybridized carbons (Fsp3) is 0.238. The van der Waals surface area contributed by atoms with Crippen molar-refractivity contribution in [1.82, 2.24) is 9.97 Å². The normalized spacial score (nSPS) is 15.0. The lowest BCUT2D eigenvalue weighted by atomic mass is 9.83. The maximum absolute atomic E-state index is 6.48. The van der Waals surface area contributed by atoms with Gasteiger partial charge >= 0.3 is 0 Å². The first kappa shape index (κ1) is 16.9. The molecule has 132 valence electrons. The minimum absolute atomic E-state index is 0.0157. The molecule has 26 heavy (non-hydrogen) atoms. The monoisotopic (exact) mass is 364 g/mol. The van der Waals surface area contributed by atoms with E-state index in [1.54, 1.807) is 0 Å². The summed E-state index contributed by atoms with van der Waals surface area (Å²) >= 11 is 6.48. The minimum atomic E-state index is 0.0157. The summed E-state index contributed by atoms with van der Waals surface area (Å²) in [6.07, 6.45) is 1.50. The van der Waals surface area contributed by atoms with Crippen molar-refractivity contribution in [3.63, 3.8) is 0 Å². The maximum Gasteiger partial charge on any atom is 0.139 e. The van der Waals surface area contributed by atoms with E-state index in [4.69, 9.17) is 11.6 Å². The minimum Gasteiger partial charge on any atom is -0.372 e. The van der Waals surface area contributed by atoms with Gasteiger partial charge < -0.3 is 10.2 Å². The molecule has 0 saturated heterocycles. The first-order chi connectivity index (χ1) is 12.7. The Hall–Kier alpha value is -2.59. The average molecular weight is 365 g/mol. The smallest absolute Gasteiger partial charge is 0.139 e. The molecule has 0 fully saturated rings. The summed E-state index contributed by atoms with van der Waals surface area (Å²) in [6.45, 7) is 6.34. The quantitative estimate of drug-likeness (QED) is 0.504. The van der Waals surface area contributed by atoms with Crippen molar-refractivity contribution in [2.75, 3.05) is 23.3 Å². The van der Waals surface area contributed by atoms with Gasteiger partial charge in [-0.2, -0.15) is 0 Å². The van der Waals surface area contributed by atoms with Crippen molar-refractivity contribution in [1.29, 1.82) is 0 Å². The van der Waals surface area contributed by atoms with E-state index in [1.165, 1.54) is 23.1 Å². The average Bonchev–Trinajstić information content (AvgIpc) is 2.68. The SMILES string of the molecule is CCN(CC)c1ccc(C2c3ccccc3Nc3ncnc(Cl)c32)cc1. The number of aromatic nitrogens is 2. The van der Waals surface area contributed by atoms with E-state index in [0.717, 1.165) is 30.2 Å². The van der Waals surface area contributed by atoms with Crippen LogP contribution in [0.4, 0.5) is 17.2 Å². The highest BCUT2D eigenvalue weighted by molar-refractivity contribution is 6.30. The Bertz CT molecular complexity index is 920. The predicted octanol–water partition coefficient (Wildman–Crippen LogP) is 5.21. The van der Waals surface area contributed by atoms with Crippen LogP contribution >= 0.6 is 11.6 Å². The van der Waals surface area contributed by atoms with Crippen LogP contribution in [0.5, 0.6) is 0 Å². The van der Waals surface area contributed by atoms with Crippen molar-refractivity contribution in [3.8, 4) is 0 Å². The third-order valence-electron chi connectivity index (χ3n) is 5.00. The number of halogens is 1. The zero-order chi connectivity index (χ0) is 18.1. The molecule has 0 bridgehead atoms. The summed E-state index contributed by atoms with van der Waals surface area (Å²) in [5.41, 5.74) is 5.60. The van der Waals surface area contributed by atoms with Crippen LogP contribution in [0.2, 0.25) is 5.15 Å². The van der Waals surface area contributed by atoms with E-state index < -0.39 is 0 Å². The molecule has 0 amide bonds. The predicted molar refractivity (Wildman–Crippen MR) is 108 cm³/mol. The topological polar surface area (TPSA) is 41.0 Å². The van der Waals surface area contributed by atoms with E-state index >= 15 is 0 Å². The van der Waals surface area contributed by atoms with Gasteiger partial charge in [-0.3, -0.25) is 0 Å². The van der Waals surface area contributed by atoms with Crippen LogP contribution < -0.4 is 10.2 Å². The number of nitrogens with one attached hydrogen (secondary N) is 1.